The summed E-state index contributed by atoms with van der Waals surface area (Å²) >= 11 is 0. The molecule has 2 aromatic carbocycles. The Balaban J connectivity index is 1.37. The molecule has 1 fully saturated rings. The third-order valence-electron chi connectivity index (χ3n) is 4.45. The number of para-hydroxylation sites is 1. The van der Waals surface area contributed by atoms with E-state index >= 15 is 0 Å². The minimum absolute atomic E-state index is 0.0438. The first kappa shape index (κ1) is 19.1. The fourth-order valence-corrected chi connectivity index (χ4v) is 2.95. The minimum Gasteiger partial charge on any atom is -0.490 e. The zero-order chi connectivity index (χ0) is 20.1. The van der Waals surface area contributed by atoms with Gasteiger partial charge in [-0.05, 0) is 49.2 Å². The van der Waals surface area contributed by atoms with Crippen LogP contribution in [0, 0.1) is 5.82 Å². The summed E-state index contributed by atoms with van der Waals surface area (Å²) in [6, 6.07) is 12.5. The van der Waals surface area contributed by atoms with Crippen LogP contribution in [0.4, 0.5) is 4.39 Å². The highest BCUT2D eigenvalue weighted by Gasteiger charge is 2.19. The van der Waals surface area contributed by atoms with Crippen LogP contribution in [0.25, 0.3) is 11.4 Å². The molecule has 0 radical (unpaired) electrons. The molecule has 0 bridgehead atoms. The standard InChI is InChI=1S/C21H19FN2O5/c22-15-9-7-14(8-10-15)20-23-19(29-24-20)13-28-21(25)17-5-1-2-6-18(17)27-12-16-4-3-11-26-16/h1-2,5-10,16H,3-4,11-13H2. The number of halogens is 1. The number of hydrogen-bond acceptors (Lipinski definition) is 7. The number of esters is 1. The second kappa shape index (κ2) is 8.83. The molecule has 0 saturated carbocycles. The second-order valence-electron chi connectivity index (χ2n) is 6.54. The Morgan fingerprint density at radius 3 is 2.79 bits per heavy atom. The third-order valence-corrected chi connectivity index (χ3v) is 4.45. The molecular formula is C21H19FN2O5. The molecule has 4 rings (SSSR count). The molecule has 7 nitrogen and oxygen atoms in total. The predicted molar refractivity (Wildman–Crippen MR) is 99.7 cm³/mol. The van der Waals surface area contributed by atoms with Crippen LogP contribution in [0.2, 0.25) is 0 Å². The van der Waals surface area contributed by atoms with Crippen molar-refractivity contribution in [1.82, 2.24) is 10.1 Å². The van der Waals surface area contributed by atoms with Crippen molar-refractivity contribution in [2.75, 3.05) is 13.2 Å². The zero-order valence-electron chi connectivity index (χ0n) is 15.5. The van der Waals surface area contributed by atoms with Crippen LogP contribution >= 0.6 is 0 Å². The van der Waals surface area contributed by atoms with Gasteiger partial charge in [0.25, 0.3) is 5.89 Å². The van der Waals surface area contributed by atoms with Crippen molar-refractivity contribution in [3.63, 3.8) is 0 Å². The maximum absolute atomic E-state index is 13.0. The van der Waals surface area contributed by atoms with Gasteiger partial charge in [0.15, 0.2) is 6.61 Å². The van der Waals surface area contributed by atoms with Gasteiger partial charge in [-0.15, -0.1) is 0 Å². The lowest BCUT2D eigenvalue weighted by molar-refractivity contribution is 0.0414. The Bertz CT molecular complexity index is 967. The maximum Gasteiger partial charge on any atom is 0.342 e. The molecule has 0 spiro atoms. The number of aromatic nitrogens is 2. The largest absolute Gasteiger partial charge is 0.490 e. The Morgan fingerprint density at radius 1 is 1.17 bits per heavy atom. The Labute approximate surface area is 166 Å². The van der Waals surface area contributed by atoms with E-state index in [1.807, 2.05) is 0 Å². The zero-order valence-corrected chi connectivity index (χ0v) is 15.5. The fourth-order valence-electron chi connectivity index (χ4n) is 2.95. The lowest BCUT2D eigenvalue weighted by Gasteiger charge is -2.13. The summed E-state index contributed by atoms with van der Waals surface area (Å²) in [5.74, 6) is -0.0569. The normalized spacial score (nSPS) is 16.0. The van der Waals surface area contributed by atoms with Crippen molar-refractivity contribution in [3.8, 4) is 17.1 Å². The minimum atomic E-state index is -0.561. The first-order valence-electron chi connectivity index (χ1n) is 9.28. The van der Waals surface area contributed by atoms with Gasteiger partial charge in [0.2, 0.25) is 5.82 Å². The molecule has 0 N–H and O–H groups in total. The summed E-state index contributed by atoms with van der Waals surface area (Å²) in [5, 5.41) is 3.82. The van der Waals surface area contributed by atoms with Crippen LogP contribution in [0.1, 0.15) is 29.1 Å². The number of hydrogen-bond donors (Lipinski definition) is 0. The molecule has 8 heteroatoms. The van der Waals surface area contributed by atoms with Crippen molar-refractivity contribution in [2.24, 2.45) is 0 Å². The summed E-state index contributed by atoms with van der Waals surface area (Å²) in [7, 11) is 0. The van der Waals surface area contributed by atoms with Gasteiger partial charge in [-0.3, -0.25) is 0 Å². The molecular weight excluding hydrogens is 379 g/mol. The van der Waals surface area contributed by atoms with E-state index in [2.05, 4.69) is 10.1 Å². The average Bonchev–Trinajstić information content (AvgIpc) is 3.43. The molecule has 0 aliphatic carbocycles. The van der Waals surface area contributed by atoms with Crippen LogP contribution in [0.3, 0.4) is 0 Å². The van der Waals surface area contributed by atoms with Crippen molar-refractivity contribution in [3.05, 3.63) is 65.8 Å². The van der Waals surface area contributed by atoms with Gasteiger partial charge >= 0.3 is 5.97 Å². The van der Waals surface area contributed by atoms with Gasteiger partial charge in [0, 0.05) is 12.2 Å². The molecule has 150 valence electrons. The average molecular weight is 398 g/mol. The van der Waals surface area contributed by atoms with E-state index in [1.165, 1.54) is 24.3 Å². The van der Waals surface area contributed by atoms with Crippen LogP contribution in [0.15, 0.2) is 53.1 Å². The van der Waals surface area contributed by atoms with Gasteiger partial charge in [-0.1, -0.05) is 17.3 Å². The first-order chi connectivity index (χ1) is 14.2. The monoisotopic (exact) mass is 398 g/mol. The Morgan fingerprint density at radius 2 is 2.00 bits per heavy atom. The summed E-state index contributed by atoms with van der Waals surface area (Å²) in [5.41, 5.74) is 0.907. The van der Waals surface area contributed by atoms with Crippen molar-refractivity contribution < 1.29 is 27.9 Å². The van der Waals surface area contributed by atoms with Crippen molar-refractivity contribution >= 4 is 5.97 Å². The number of carbonyl (C=O) groups excluding carboxylic acids is 1. The van der Waals surface area contributed by atoms with E-state index < -0.39 is 5.97 Å². The highest BCUT2D eigenvalue weighted by molar-refractivity contribution is 5.92. The third kappa shape index (κ3) is 4.78. The van der Waals surface area contributed by atoms with E-state index in [-0.39, 0.29) is 30.2 Å². The van der Waals surface area contributed by atoms with Gasteiger partial charge in [-0.2, -0.15) is 4.98 Å². The van der Waals surface area contributed by atoms with Crippen LogP contribution < -0.4 is 4.74 Å². The van der Waals surface area contributed by atoms with E-state index in [1.54, 1.807) is 24.3 Å². The molecule has 1 aromatic heterocycles. The quantitative estimate of drug-likeness (QED) is 0.560. The SMILES string of the molecule is O=C(OCc1nc(-c2ccc(F)cc2)no1)c1ccccc1OCC1CCCO1. The summed E-state index contributed by atoms with van der Waals surface area (Å²) in [6.07, 6.45) is 2.00. The van der Waals surface area contributed by atoms with Crippen molar-refractivity contribution in [1.29, 1.82) is 0 Å². The Kier molecular flexibility index (Phi) is 5.81. The highest BCUT2D eigenvalue weighted by Crippen LogP contribution is 2.22. The fraction of sp³-hybridized carbons (Fsp3) is 0.286. The molecule has 1 aliphatic heterocycles. The molecule has 2 heterocycles. The number of rotatable bonds is 7. The van der Waals surface area contributed by atoms with Crippen LogP contribution in [-0.4, -0.2) is 35.4 Å². The molecule has 1 atom stereocenters. The van der Waals surface area contributed by atoms with E-state index in [0.717, 1.165) is 19.4 Å². The van der Waals surface area contributed by atoms with Crippen LogP contribution in [0.5, 0.6) is 5.75 Å². The molecule has 0 amide bonds. The molecule has 3 aromatic rings. The summed E-state index contributed by atoms with van der Waals surface area (Å²) in [6.45, 7) is 0.934. The molecule has 29 heavy (non-hydrogen) atoms. The van der Waals surface area contributed by atoms with E-state index in [0.29, 0.717) is 23.5 Å². The smallest absolute Gasteiger partial charge is 0.342 e. The van der Waals surface area contributed by atoms with E-state index in [9.17, 15) is 9.18 Å². The lowest BCUT2D eigenvalue weighted by Crippen LogP contribution is -2.17. The topological polar surface area (TPSA) is 83.7 Å². The van der Waals surface area contributed by atoms with Gasteiger partial charge < -0.3 is 18.7 Å². The lowest BCUT2D eigenvalue weighted by atomic mass is 10.2. The first-order valence-corrected chi connectivity index (χ1v) is 9.28. The molecule has 1 aliphatic rings. The van der Waals surface area contributed by atoms with Crippen molar-refractivity contribution in [2.45, 2.75) is 25.6 Å². The molecule has 1 unspecified atom stereocenters. The van der Waals surface area contributed by atoms with Crippen LogP contribution in [-0.2, 0) is 16.1 Å². The number of carbonyl (C=O) groups is 1. The second-order valence-corrected chi connectivity index (χ2v) is 6.54. The predicted octanol–water partition coefficient (Wildman–Crippen LogP) is 3.79. The number of benzene rings is 2. The van der Waals surface area contributed by atoms with Gasteiger partial charge in [-0.25, -0.2) is 9.18 Å². The molecule has 1 saturated heterocycles. The maximum atomic E-state index is 13.0. The number of nitrogens with zero attached hydrogens (tertiary/aromatic N) is 2. The van der Waals surface area contributed by atoms with Gasteiger partial charge in [0.1, 0.15) is 23.7 Å². The highest BCUT2D eigenvalue weighted by atomic mass is 19.1. The van der Waals surface area contributed by atoms with E-state index in [4.69, 9.17) is 18.7 Å². The Hall–Kier alpha value is -3.26. The van der Waals surface area contributed by atoms with Gasteiger partial charge in [0.05, 0.1) is 6.10 Å². The number of ether oxygens (including phenoxy) is 3. The summed E-state index contributed by atoms with van der Waals surface area (Å²) < 4.78 is 34.7. The summed E-state index contributed by atoms with van der Waals surface area (Å²) in [4.78, 5) is 16.6.